The number of aryl methyl sites for hydroxylation is 1. The average molecular weight is 292 g/mol. The normalized spacial score (nSPS) is 18.0. The molecule has 0 aliphatic carbocycles. The number of carbonyl (C=O) groups excluding carboxylic acids is 1. The van der Waals surface area contributed by atoms with E-state index in [1.807, 2.05) is 30.3 Å². The number of amides is 1. The topological polar surface area (TPSA) is 53.6 Å². The van der Waals surface area contributed by atoms with Crippen LogP contribution in [0.15, 0.2) is 30.3 Å². The lowest BCUT2D eigenvalue weighted by molar-refractivity contribution is -0.120. The minimum absolute atomic E-state index is 0.0569. The highest BCUT2D eigenvalue weighted by atomic mass is 16.5. The number of nitrogens with zero attached hydrogens (tertiary/aromatic N) is 1. The summed E-state index contributed by atoms with van der Waals surface area (Å²) in [6.07, 6.45) is 0.599. The molecule has 0 aromatic heterocycles. The molecule has 1 atom stereocenters. The summed E-state index contributed by atoms with van der Waals surface area (Å²) in [5.41, 5.74) is 1.10. The van der Waals surface area contributed by atoms with Gasteiger partial charge in [-0.3, -0.25) is 9.69 Å². The van der Waals surface area contributed by atoms with Crippen molar-refractivity contribution in [2.75, 3.05) is 52.5 Å². The number of hydrogen-bond acceptors (Lipinski definition) is 4. The Morgan fingerprint density at radius 1 is 1.29 bits per heavy atom. The number of hydrogen-bond donors (Lipinski definition) is 2. The van der Waals surface area contributed by atoms with Crippen molar-refractivity contribution in [3.8, 4) is 0 Å². The summed E-state index contributed by atoms with van der Waals surface area (Å²) >= 11 is 0. The highest BCUT2D eigenvalue weighted by Gasteiger charge is 2.09. The first-order valence-electron chi connectivity index (χ1n) is 8.08. The SMILES string of the molecule is [2H][C@H](Cc1ccccc1)NCC(=O)NCCN1CCOCC1. The van der Waals surface area contributed by atoms with E-state index in [9.17, 15) is 4.79 Å². The van der Waals surface area contributed by atoms with E-state index in [1.54, 1.807) is 0 Å². The molecule has 5 nitrogen and oxygen atoms in total. The third-order valence-corrected chi connectivity index (χ3v) is 3.44. The monoisotopic (exact) mass is 292 g/mol. The van der Waals surface area contributed by atoms with Crippen molar-refractivity contribution in [3.63, 3.8) is 0 Å². The van der Waals surface area contributed by atoms with E-state index in [0.29, 0.717) is 13.0 Å². The van der Waals surface area contributed by atoms with Gasteiger partial charge in [-0.15, -0.1) is 0 Å². The predicted molar refractivity (Wildman–Crippen MR) is 83.3 cm³/mol. The van der Waals surface area contributed by atoms with Crippen molar-refractivity contribution >= 4 is 5.91 Å². The van der Waals surface area contributed by atoms with Gasteiger partial charge in [0.05, 0.1) is 19.8 Å². The maximum atomic E-state index is 11.7. The Bertz CT molecular complexity index is 438. The van der Waals surface area contributed by atoms with Crippen molar-refractivity contribution in [1.29, 1.82) is 0 Å². The van der Waals surface area contributed by atoms with Gasteiger partial charge in [-0.2, -0.15) is 0 Å². The number of benzene rings is 1. The van der Waals surface area contributed by atoms with Crippen molar-refractivity contribution < 1.29 is 10.9 Å². The summed E-state index contributed by atoms with van der Waals surface area (Å²) in [5, 5.41) is 5.82. The smallest absolute Gasteiger partial charge is 0.234 e. The lowest BCUT2D eigenvalue weighted by Gasteiger charge is -2.26. The van der Waals surface area contributed by atoms with Gasteiger partial charge in [-0.1, -0.05) is 30.3 Å². The fourth-order valence-electron chi connectivity index (χ4n) is 2.21. The van der Waals surface area contributed by atoms with Crippen LogP contribution in [0.2, 0.25) is 0 Å². The largest absolute Gasteiger partial charge is 0.379 e. The Kier molecular flexibility index (Phi) is 6.56. The molecule has 2 rings (SSSR count). The Morgan fingerprint density at radius 3 is 2.81 bits per heavy atom. The minimum Gasteiger partial charge on any atom is -0.379 e. The van der Waals surface area contributed by atoms with Crippen LogP contribution in [0.5, 0.6) is 0 Å². The van der Waals surface area contributed by atoms with Crippen LogP contribution in [-0.4, -0.2) is 63.3 Å². The second-order valence-electron chi connectivity index (χ2n) is 5.08. The number of morpholine rings is 1. The molecule has 1 amide bonds. The molecular weight excluding hydrogens is 266 g/mol. The van der Waals surface area contributed by atoms with Gasteiger partial charge >= 0.3 is 0 Å². The molecule has 21 heavy (non-hydrogen) atoms. The van der Waals surface area contributed by atoms with Crippen LogP contribution in [0.1, 0.15) is 6.93 Å². The highest BCUT2D eigenvalue weighted by molar-refractivity contribution is 5.77. The van der Waals surface area contributed by atoms with E-state index in [4.69, 9.17) is 6.11 Å². The van der Waals surface area contributed by atoms with E-state index in [0.717, 1.165) is 38.4 Å². The molecule has 1 aliphatic rings. The van der Waals surface area contributed by atoms with Crippen LogP contribution in [0.25, 0.3) is 0 Å². The second-order valence-corrected chi connectivity index (χ2v) is 5.08. The van der Waals surface area contributed by atoms with Crippen LogP contribution in [0, 0.1) is 0 Å². The zero-order chi connectivity index (χ0) is 15.6. The van der Waals surface area contributed by atoms with Gasteiger partial charge in [0, 0.05) is 27.5 Å². The molecule has 1 fully saturated rings. The molecule has 116 valence electrons. The first-order valence-corrected chi connectivity index (χ1v) is 7.50. The van der Waals surface area contributed by atoms with E-state index >= 15 is 0 Å². The van der Waals surface area contributed by atoms with Crippen LogP contribution < -0.4 is 10.6 Å². The number of nitrogens with one attached hydrogen (secondary N) is 2. The van der Waals surface area contributed by atoms with Crippen molar-refractivity contribution in [1.82, 2.24) is 15.5 Å². The summed E-state index contributed by atoms with van der Waals surface area (Å²) in [6.45, 7) is 4.62. The molecular formula is C16H25N3O2. The van der Waals surface area contributed by atoms with E-state index < -0.39 is 6.52 Å². The zero-order valence-corrected chi connectivity index (χ0v) is 12.4. The van der Waals surface area contributed by atoms with Crippen LogP contribution in [-0.2, 0) is 16.0 Å². The van der Waals surface area contributed by atoms with Gasteiger partial charge in [0.1, 0.15) is 0 Å². The minimum atomic E-state index is -0.465. The fourth-order valence-corrected chi connectivity index (χ4v) is 2.21. The lowest BCUT2D eigenvalue weighted by Crippen LogP contribution is -2.43. The summed E-state index contributed by atoms with van der Waals surface area (Å²) < 4.78 is 13.2. The van der Waals surface area contributed by atoms with Crippen LogP contribution >= 0.6 is 0 Å². The van der Waals surface area contributed by atoms with E-state index in [2.05, 4.69) is 15.5 Å². The van der Waals surface area contributed by atoms with E-state index in [-0.39, 0.29) is 12.5 Å². The third kappa shape index (κ3) is 6.71. The number of ether oxygens (including phenoxy) is 1. The van der Waals surface area contributed by atoms with E-state index in [1.165, 1.54) is 0 Å². The molecule has 0 bridgehead atoms. The lowest BCUT2D eigenvalue weighted by atomic mass is 10.1. The standard InChI is InChI=1S/C16H25N3O2/c20-16(18-8-9-19-10-12-21-13-11-19)14-17-7-6-15-4-2-1-3-5-15/h1-5,17H,6-14H2,(H,18,20)/i7D/t7-/m1/s1. The Labute approximate surface area is 128 Å². The summed E-state index contributed by atoms with van der Waals surface area (Å²) in [5.74, 6) is -0.0569. The van der Waals surface area contributed by atoms with Crippen LogP contribution in [0.4, 0.5) is 0 Å². The number of carbonyl (C=O) groups is 1. The molecule has 0 unspecified atom stereocenters. The van der Waals surface area contributed by atoms with Crippen molar-refractivity contribution in [2.24, 2.45) is 0 Å². The van der Waals surface area contributed by atoms with Crippen LogP contribution in [0.3, 0.4) is 0 Å². The van der Waals surface area contributed by atoms with Gasteiger partial charge in [0.25, 0.3) is 0 Å². The van der Waals surface area contributed by atoms with Gasteiger partial charge in [-0.05, 0) is 18.5 Å². The number of rotatable bonds is 8. The quantitative estimate of drug-likeness (QED) is 0.722. The Balaban J connectivity index is 1.55. The Morgan fingerprint density at radius 2 is 2.05 bits per heavy atom. The molecule has 1 aliphatic heterocycles. The third-order valence-electron chi connectivity index (χ3n) is 3.44. The van der Waals surface area contributed by atoms with Crippen molar-refractivity contribution in [2.45, 2.75) is 6.42 Å². The fraction of sp³-hybridized carbons (Fsp3) is 0.562. The maximum absolute atomic E-state index is 11.7. The highest BCUT2D eigenvalue weighted by Crippen LogP contribution is 1.98. The molecule has 1 aromatic rings. The molecule has 0 spiro atoms. The molecule has 5 heteroatoms. The summed E-state index contributed by atoms with van der Waals surface area (Å²) in [7, 11) is 0. The van der Waals surface area contributed by atoms with Gasteiger partial charge in [-0.25, -0.2) is 0 Å². The second kappa shape index (κ2) is 9.50. The first kappa shape index (κ1) is 14.5. The predicted octanol–water partition coefficient (Wildman–Crippen LogP) is 0.267. The molecule has 1 aromatic carbocycles. The molecule has 2 N–H and O–H groups in total. The molecule has 1 saturated heterocycles. The van der Waals surface area contributed by atoms with Gasteiger partial charge in [0.15, 0.2) is 0 Å². The average Bonchev–Trinajstić information content (AvgIpc) is 2.55. The molecule has 0 saturated carbocycles. The molecule has 0 radical (unpaired) electrons. The van der Waals surface area contributed by atoms with Crippen molar-refractivity contribution in [3.05, 3.63) is 35.9 Å². The Hall–Kier alpha value is -1.43. The first-order chi connectivity index (χ1) is 10.7. The maximum Gasteiger partial charge on any atom is 0.234 e. The zero-order valence-electron chi connectivity index (χ0n) is 13.4. The molecule has 1 heterocycles. The van der Waals surface area contributed by atoms with Gasteiger partial charge in [0.2, 0.25) is 5.91 Å². The van der Waals surface area contributed by atoms with Gasteiger partial charge < -0.3 is 15.4 Å². The summed E-state index contributed by atoms with van der Waals surface area (Å²) in [4.78, 5) is 14.0. The summed E-state index contributed by atoms with van der Waals surface area (Å²) in [6, 6.07) is 9.86.